The van der Waals surface area contributed by atoms with Gasteiger partial charge in [0.1, 0.15) is 5.65 Å². The number of imidazole rings is 1. The smallest absolute Gasteiger partial charge is 0.137 e. The van der Waals surface area contributed by atoms with Crippen molar-refractivity contribution < 1.29 is 0 Å². The summed E-state index contributed by atoms with van der Waals surface area (Å²) in [7, 11) is 0. The molecule has 0 saturated carbocycles. The highest BCUT2D eigenvalue weighted by Gasteiger charge is 1.98. The lowest BCUT2D eigenvalue weighted by Crippen LogP contribution is -2.30. The fourth-order valence-corrected chi connectivity index (χ4v) is 1.51. The Kier molecular flexibility index (Phi) is 0.913. The standard InChI is InChI=1S/C9H7N3/c1-2-7-4-10-5-8-6-11-9(3-1)12(7)8/h1-6,10H. The van der Waals surface area contributed by atoms with Crippen LogP contribution in [0.5, 0.6) is 0 Å². The summed E-state index contributed by atoms with van der Waals surface area (Å²) in [6.07, 6.45) is 5.76. The van der Waals surface area contributed by atoms with Crippen molar-refractivity contribution in [2.75, 3.05) is 0 Å². The first-order valence-electron chi connectivity index (χ1n) is 3.84. The Morgan fingerprint density at radius 2 is 2.08 bits per heavy atom. The lowest BCUT2D eigenvalue weighted by Gasteiger charge is -2.01. The molecule has 2 aromatic heterocycles. The molecule has 0 unspecified atom stereocenters. The number of aromatic nitrogens is 2. The van der Waals surface area contributed by atoms with Crippen molar-refractivity contribution in [3.8, 4) is 0 Å². The van der Waals surface area contributed by atoms with Crippen molar-refractivity contribution in [1.82, 2.24) is 14.7 Å². The zero-order valence-corrected chi connectivity index (χ0v) is 6.36. The second-order valence-electron chi connectivity index (χ2n) is 2.78. The topological polar surface area (TPSA) is 29.3 Å². The third-order valence-electron chi connectivity index (χ3n) is 2.05. The first-order chi connectivity index (χ1) is 5.95. The second kappa shape index (κ2) is 1.88. The van der Waals surface area contributed by atoms with Gasteiger partial charge in [-0.2, -0.15) is 0 Å². The van der Waals surface area contributed by atoms with Crippen LogP contribution in [0.3, 0.4) is 0 Å². The SMILES string of the molecule is C1=c2cccc3ncc(n23)=CN1. The van der Waals surface area contributed by atoms with E-state index in [4.69, 9.17) is 0 Å². The van der Waals surface area contributed by atoms with Crippen LogP contribution in [-0.4, -0.2) is 9.38 Å². The molecule has 58 valence electrons. The van der Waals surface area contributed by atoms with E-state index in [1.54, 1.807) is 0 Å². The molecule has 0 fully saturated rings. The van der Waals surface area contributed by atoms with Crippen molar-refractivity contribution in [1.29, 1.82) is 0 Å². The van der Waals surface area contributed by atoms with Crippen LogP contribution in [0.1, 0.15) is 0 Å². The van der Waals surface area contributed by atoms with E-state index in [9.17, 15) is 0 Å². The van der Waals surface area contributed by atoms with Crippen LogP contribution in [-0.2, 0) is 0 Å². The molecule has 0 aliphatic carbocycles. The predicted octanol–water partition coefficient (Wildman–Crippen LogP) is -0.587. The molecular formula is C9H7N3. The van der Waals surface area contributed by atoms with E-state index < -0.39 is 0 Å². The number of nitrogens with zero attached hydrogens (tertiary/aromatic N) is 2. The van der Waals surface area contributed by atoms with Crippen molar-refractivity contribution in [3.05, 3.63) is 35.1 Å². The minimum Gasteiger partial charge on any atom is -0.364 e. The van der Waals surface area contributed by atoms with Crippen LogP contribution < -0.4 is 16.0 Å². The molecule has 3 nitrogen and oxygen atoms in total. The monoisotopic (exact) mass is 157 g/mol. The third-order valence-corrected chi connectivity index (χ3v) is 2.05. The second-order valence-corrected chi connectivity index (χ2v) is 2.78. The van der Waals surface area contributed by atoms with E-state index in [1.165, 1.54) is 0 Å². The quantitative estimate of drug-likeness (QED) is 0.554. The van der Waals surface area contributed by atoms with Crippen molar-refractivity contribution in [2.24, 2.45) is 0 Å². The summed E-state index contributed by atoms with van der Waals surface area (Å²) in [5.41, 5.74) is 0.997. The maximum atomic E-state index is 4.26. The zero-order valence-electron chi connectivity index (χ0n) is 6.36. The summed E-state index contributed by atoms with van der Waals surface area (Å²) < 4.78 is 2.11. The molecule has 1 N–H and O–H groups in total. The van der Waals surface area contributed by atoms with E-state index in [2.05, 4.69) is 20.8 Å². The highest BCUT2D eigenvalue weighted by atomic mass is 15.0. The van der Waals surface area contributed by atoms with E-state index in [0.29, 0.717) is 0 Å². The molecule has 1 aliphatic heterocycles. The number of hydrogen-bond acceptors (Lipinski definition) is 2. The lowest BCUT2D eigenvalue weighted by molar-refractivity contribution is 1.04. The Bertz CT molecular complexity index is 551. The lowest BCUT2D eigenvalue weighted by atomic mass is 10.4. The maximum absolute atomic E-state index is 4.26. The van der Waals surface area contributed by atoms with E-state index in [0.717, 1.165) is 16.3 Å². The van der Waals surface area contributed by atoms with Crippen LogP contribution in [0.2, 0.25) is 0 Å². The number of pyridine rings is 1. The third kappa shape index (κ3) is 0.580. The molecule has 0 radical (unpaired) electrons. The Morgan fingerprint density at radius 1 is 1.17 bits per heavy atom. The molecule has 0 spiro atoms. The number of nitrogens with one attached hydrogen (secondary N) is 1. The fraction of sp³-hybridized carbons (Fsp3) is 0. The van der Waals surface area contributed by atoms with Crippen molar-refractivity contribution in [2.45, 2.75) is 0 Å². The molecule has 0 aromatic carbocycles. The molecule has 0 atom stereocenters. The van der Waals surface area contributed by atoms with Gasteiger partial charge in [0.25, 0.3) is 0 Å². The minimum absolute atomic E-state index is 0.997. The summed E-state index contributed by atoms with van der Waals surface area (Å²) in [4.78, 5) is 4.26. The molecule has 3 rings (SSSR count). The first-order valence-corrected chi connectivity index (χ1v) is 3.84. The molecule has 3 heterocycles. The molecule has 12 heavy (non-hydrogen) atoms. The van der Waals surface area contributed by atoms with Crippen LogP contribution in [0.25, 0.3) is 18.0 Å². The molecule has 3 heteroatoms. The van der Waals surface area contributed by atoms with E-state index in [-0.39, 0.29) is 0 Å². The minimum atomic E-state index is 0.997. The van der Waals surface area contributed by atoms with Gasteiger partial charge in [-0.05, 0) is 12.1 Å². The van der Waals surface area contributed by atoms with Gasteiger partial charge >= 0.3 is 0 Å². The average Bonchev–Trinajstić information content (AvgIpc) is 2.52. The van der Waals surface area contributed by atoms with Gasteiger partial charge in [0.05, 0.1) is 16.9 Å². The molecule has 0 amide bonds. The largest absolute Gasteiger partial charge is 0.364 e. The van der Waals surface area contributed by atoms with Gasteiger partial charge in [0, 0.05) is 12.4 Å². The summed E-state index contributed by atoms with van der Waals surface area (Å²) in [5.74, 6) is 0. The van der Waals surface area contributed by atoms with Crippen molar-refractivity contribution in [3.63, 3.8) is 0 Å². The predicted molar refractivity (Wildman–Crippen MR) is 46.5 cm³/mol. The van der Waals surface area contributed by atoms with Gasteiger partial charge in [-0.15, -0.1) is 0 Å². The Labute approximate surface area is 68.7 Å². The normalized spacial score (nSPS) is 13.3. The van der Waals surface area contributed by atoms with Crippen LogP contribution in [0.4, 0.5) is 0 Å². The van der Waals surface area contributed by atoms with Gasteiger partial charge in [-0.1, -0.05) is 6.07 Å². The molecular weight excluding hydrogens is 150 g/mol. The summed E-state index contributed by atoms with van der Waals surface area (Å²) in [5, 5.41) is 5.32. The highest BCUT2D eigenvalue weighted by molar-refractivity contribution is 5.45. The summed E-state index contributed by atoms with van der Waals surface area (Å²) in [6, 6.07) is 6.06. The van der Waals surface area contributed by atoms with Gasteiger partial charge in [-0.25, -0.2) is 4.98 Å². The average molecular weight is 157 g/mol. The Balaban J connectivity index is 2.78. The fourth-order valence-electron chi connectivity index (χ4n) is 1.51. The summed E-state index contributed by atoms with van der Waals surface area (Å²) >= 11 is 0. The number of rotatable bonds is 0. The zero-order chi connectivity index (χ0) is 7.97. The highest BCUT2D eigenvalue weighted by Crippen LogP contribution is 1.91. The summed E-state index contributed by atoms with van der Waals surface area (Å²) in [6.45, 7) is 0. The van der Waals surface area contributed by atoms with Crippen LogP contribution >= 0.6 is 0 Å². The number of hydrogen-bond donors (Lipinski definition) is 1. The van der Waals surface area contributed by atoms with Gasteiger partial charge in [0.2, 0.25) is 0 Å². The maximum Gasteiger partial charge on any atom is 0.137 e. The van der Waals surface area contributed by atoms with E-state index >= 15 is 0 Å². The molecule has 0 saturated heterocycles. The van der Waals surface area contributed by atoms with Gasteiger partial charge in [0.15, 0.2) is 0 Å². The van der Waals surface area contributed by atoms with Crippen LogP contribution in [0.15, 0.2) is 24.4 Å². The van der Waals surface area contributed by atoms with Crippen molar-refractivity contribution >= 4 is 18.0 Å². The van der Waals surface area contributed by atoms with Gasteiger partial charge < -0.3 is 5.32 Å². The molecule has 2 aromatic rings. The molecule has 0 bridgehead atoms. The molecule has 1 aliphatic rings. The first kappa shape index (κ1) is 5.83. The van der Waals surface area contributed by atoms with E-state index in [1.807, 2.05) is 30.7 Å². The Morgan fingerprint density at radius 3 is 3.08 bits per heavy atom. The Hall–Kier alpha value is -1.77. The van der Waals surface area contributed by atoms with Gasteiger partial charge in [-0.3, -0.25) is 4.40 Å². The van der Waals surface area contributed by atoms with Crippen LogP contribution in [0, 0.1) is 0 Å².